The fraction of sp³-hybridized carbons (Fsp3) is 0.438. The smallest absolute Gasteiger partial charge is 0.251 e. The highest BCUT2D eigenvalue weighted by molar-refractivity contribution is 8.01. The molecule has 1 aliphatic carbocycles. The number of thioether (sulfide) groups is 1. The van der Waals surface area contributed by atoms with Gasteiger partial charge < -0.3 is 14.8 Å². The zero-order valence-electron chi connectivity index (χ0n) is 13.0. The van der Waals surface area contributed by atoms with Crippen molar-refractivity contribution >= 4 is 34.7 Å². The van der Waals surface area contributed by atoms with Crippen molar-refractivity contribution in [1.82, 2.24) is 10.2 Å². The molecule has 2 aromatic rings. The molecule has 1 fully saturated rings. The predicted octanol–water partition coefficient (Wildman–Crippen LogP) is 3.70. The summed E-state index contributed by atoms with van der Waals surface area (Å²) in [5.41, 5.74) is 2.37. The molecule has 0 atom stereocenters. The minimum Gasteiger partial charge on any atom is -0.448 e. The zero-order chi connectivity index (χ0) is 16.4. The monoisotopic (exact) mass is 363 g/mol. The number of carbonyl (C=O) groups is 1. The molecule has 8 heteroatoms. The maximum atomic E-state index is 12.1. The first kappa shape index (κ1) is 15.7. The number of amides is 1. The summed E-state index contributed by atoms with van der Waals surface area (Å²) >= 11 is 2.80. The lowest BCUT2D eigenvalue weighted by Gasteiger charge is -2.31. The fourth-order valence-electron chi connectivity index (χ4n) is 3.02. The number of hydrogen-bond donors (Lipinski definition) is 1. The molecule has 1 N–H and O–H groups in total. The minimum atomic E-state index is -0.489. The van der Waals surface area contributed by atoms with E-state index < -0.39 is 5.79 Å². The minimum absolute atomic E-state index is 0.0820. The summed E-state index contributed by atoms with van der Waals surface area (Å²) in [6.07, 6.45) is 5.32. The van der Waals surface area contributed by atoms with E-state index >= 15 is 0 Å². The van der Waals surface area contributed by atoms with E-state index in [1.165, 1.54) is 29.5 Å². The highest BCUT2D eigenvalue weighted by Gasteiger charge is 2.42. The lowest BCUT2D eigenvalue weighted by molar-refractivity contribution is -0.113. The van der Waals surface area contributed by atoms with Gasteiger partial charge in [0.1, 0.15) is 5.51 Å². The first-order chi connectivity index (χ1) is 11.7. The van der Waals surface area contributed by atoms with Crippen LogP contribution in [-0.4, -0.2) is 27.6 Å². The van der Waals surface area contributed by atoms with Crippen LogP contribution in [0.2, 0.25) is 0 Å². The summed E-state index contributed by atoms with van der Waals surface area (Å²) in [4.78, 5) is 12.1. The molecule has 0 saturated heterocycles. The molecule has 1 aromatic carbocycles. The Bertz CT molecular complexity index is 730. The Kier molecular flexibility index (Phi) is 4.32. The van der Waals surface area contributed by atoms with Crippen LogP contribution in [0, 0.1) is 0 Å². The molecule has 0 bridgehead atoms. The van der Waals surface area contributed by atoms with Gasteiger partial charge in [0.2, 0.25) is 5.91 Å². The first-order valence-electron chi connectivity index (χ1n) is 7.93. The van der Waals surface area contributed by atoms with E-state index in [2.05, 4.69) is 15.5 Å². The molecule has 2 aliphatic rings. The number of nitrogens with one attached hydrogen (secondary N) is 1. The standard InChI is InChI=1S/C16H17N3O3S2/c20-14(9-23-15-19-17-10-24-15)18-11-4-5-12-13(8-11)22-16(21-12)6-2-1-3-7-16/h4-5,8,10H,1-3,6-7,9H2,(H,18,20). The van der Waals surface area contributed by atoms with E-state index in [-0.39, 0.29) is 5.91 Å². The van der Waals surface area contributed by atoms with Crippen LogP contribution in [0.1, 0.15) is 32.1 Å². The van der Waals surface area contributed by atoms with Gasteiger partial charge in [-0.1, -0.05) is 29.5 Å². The van der Waals surface area contributed by atoms with Crippen molar-refractivity contribution in [3.8, 4) is 11.5 Å². The van der Waals surface area contributed by atoms with Crippen LogP contribution in [0.5, 0.6) is 11.5 Å². The summed E-state index contributed by atoms with van der Waals surface area (Å²) in [6.45, 7) is 0. The SMILES string of the molecule is O=C(CSc1nncs1)Nc1ccc2c(c1)OC1(CCCCC1)O2. The van der Waals surface area contributed by atoms with Gasteiger partial charge in [0, 0.05) is 24.6 Å². The molecule has 1 aliphatic heterocycles. The maximum absolute atomic E-state index is 12.1. The van der Waals surface area contributed by atoms with Crippen LogP contribution < -0.4 is 14.8 Å². The average molecular weight is 363 g/mol. The van der Waals surface area contributed by atoms with Gasteiger partial charge in [0.25, 0.3) is 5.79 Å². The summed E-state index contributed by atoms with van der Waals surface area (Å²) in [7, 11) is 0. The largest absolute Gasteiger partial charge is 0.448 e. The highest BCUT2D eigenvalue weighted by Crippen LogP contribution is 2.46. The van der Waals surface area contributed by atoms with Crippen molar-refractivity contribution in [2.24, 2.45) is 0 Å². The van der Waals surface area contributed by atoms with Gasteiger partial charge >= 0.3 is 0 Å². The third-order valence-corrected chi connectivity index (χ3v) is 5.96. The second-order valence-corrected chi connectivity index (χ2v) is 7.93. The summed E-state index contributed by atoms with van der Waals surface area (Å²) < 4.78 is 12.9. The van der Waals surface area contributed by atoms with E-state index in [0.717, 1.165) is 35.8 Å². The number of fused-ring (bicyclic) bond motifs is 1. The number of aromatic nitrogens is 2. The van der Waals surface area contributed by atoms with Crippen molar-refractivity contribution in [1.29, 1.82) is 0 Å². The number of anilines is 1. The second kappa shape index (κ2) is 6.60. The molecule has 1 amide bonds. The molecular formula is C16H17N3O3S2. The molecule has 2 heterocycles. The third kappa shape index (κ3) is 3.34. The molecule has 0 radical (unpaired) electrons. The van der Waals surface area contributed by atoms with Gasteiger partial charge in [-0.15, -0.1) is 10.2 Å². The van der Waals surface area contributed by atoms with Gasteiger partial charge in [-0.05, 0) is 25.0 Å². The molecule has 6 nitrogen and oxygen atoms in total. The quantitative estimate of drug-likeness (QED) is 0.835. The highest BCUT2D eigenvalue weighted by atomic mass is 32.2. The Morgan fingerprint density at radius 2 is 2.08 bits per heavy atom. The Balaban J connectivity index is 1.38. The zero-order valence-corrected chi connectivity index (χ0v) is 14.6. The van der Waals surface area contributed by atoms with Gasteiger partial charge in [0.15, 0.2) is 15.8 Å². The molecule has 1 spiro atoms. The maximum Gasteiger partial charge on any atom is 0.251 e. The number of ether oxygens (including phenoxy) is 2. The number of rotatable bonds is 4. The van der Waals surface area contributed by atoms with Gasteiger partial charge in [-0.2, -0.15) is 0 Å². The van der Waals surface area contributed by atoms with Crippen molar-refractivity contribution in [2.45, 2.75) is 42.2 Å². The molecule has 4 rings (SSSR count). The Morgan fingerprint density at radius 3 is 2.88 bits per heavy atom. The van der Waals surface area contributed by atoms with Crippen molar-refractivity contribution in [2.75, 3.05) is 11.1 Å². The number of carbonyl (C=O) groups excluding carboxylic acids is 1. The Labute approximate surface area is 148 Å². The van der Waals surface area contributed by atoms with E-state index in [1.807, 2.05) is 18.2 Å². The Hall–Kier alpha value is -1.80. The fourth-order valence-corrected chi connectivity index (χ4v) is 4.30. The first-order valence-corrected chi connectivity index (χ1v) is 9.80. The van der Waals surface area contributed by atoms with E-state index in [4.69, 9.17) is 9.47 Å². The molecule has 1 aromatic heterocycles. The summed E-state index contributed by atoms with van der Waals surface area (Å²) in [6, 6.07) is 5.55. The van der Waals surface area contributed by atoms with Crippen LogP contribution in [0.3, 0.4) is 0 Å². The van der Waals surface area contributed by atoms with Crippen molar-refractivity contribution in [3.63, 3.8) is 0 Å². The van der Waals surface area contributed by atoms with Crippen LogP contribution >= 0.6 is 23.1 Å². The van der Waals surface area contributed by atoms with Crippen LogP contribution in [0.25, 0.3) is 0 Å². The molecule has 126 valence electrons. The molecular weight excluding hydrogens is 346 g/mol. The lowest BCUT2D eigenvalue weighted by atomic mass is 9.94. The topological polar surface area (TPSA) is 73.3 Å². The molecule has 24 heavy (non-hydrogen) atoms. The molecule has 0 unspecified atom stereocenters. The summed E-state index contributed by atoms with van der Waals surface area (Å²) in [5.74, 6) is 1.20. The molecule has 1 saturated carbocycles. The van der Waals surface area contributed by atoms with Crippen molar-refractivity contribution < 1.29 is 14.3 Å². The number of benzene rings is 1. The van der Waals surface area contributed by atoms with Gasteiger partial charge in [-0.3, -0.25) is 4.79 Å². The summed E-state index contributed by atoms with van der Waals surface area (Å²) in [5, 5.41) is 10.5. The van der Waals surface area contributed by atoms with E-state index in [1.54, 1.807) is 5.51 Å². The lowest BCUT2D eigenvalue weighted by Crippen LogP contribution is -2.40. The van der Waals surface area contributed by atoms with Crippen LogP contribution in [0.4, 0.5) is 5.69 Å². The van der Waals surface area contributed by atoms with Crippen LogP contribution in [-0.2, 0) is 4.79 Å². The predicted molar refractivity (Wildman–Crippen MR) is 92.8 cm³/mol. The second-order valence-electron chi connectivity index (χ2n) is 5.88. The van der Waals surface area contributed by atoms with Crippen LogP contribution in [0.15, 0.2) is 28.0 Å². The van der Waals surface area contributed by atoms with Crippen molar-refractivity contribution in [3.05, 3.63) is 23.7 Å². The van der Waals surface area contributed by atoms with Gasteiger partial charge in [-0.25, -0.2) is 0 Å². The number of nitrogens with zero attached hydrogens (tertiary/aromatic N) is 2. The Morgan fingerprint density at radius 1 is 1.25 bits per heavy atom. The van der Waals surface area contributed by atoms with E-state index in [9.17, 15) is 4.79 Å². The average Bonchev–Trinajstić information content (AvgIpc) is 3.20. The third-order valence-electron chi connectivity index (χ3n) is 4.10. The normalized spacial score (nSPS) is 17.8. The van der Waals surface area contributed by atoms with Gasteiger partial charge in [0.05, 0.1) is 5.75 Å². The number of hydrogen-bond acceptors (Lipinski definition) is 7. The van der Waals surface area contributed by atoms with E-state index in [0.29, 0.717) is 17.2 Å².